The minimum atomic E-state index is 0.533. The number of aryl methyl sites for hydroxylation is 1. The number of benzene rings is 2. The molecular weight excluding hydrogens is 404 g/mol. The van der Waals surface area contributed by atoms with Gasteiger partial charge in [0.1, 0.15) is 6.61 Å². The summed E-state index contributed by atoms with van der Waals surface area (Å²) in [5, 5.41) is 0. The van der Waals surface area contributed by atoms with Crippen LogP contribution in [-0.4, -0.2) is 56.7 Å². The van der Waals surface area contributed by atoms with Crippen LogP contribution in [0.25, 0.3) is 0 Å². The van der Waals surface area contributed by atoms with Gasteiger partial charge in [-0.05, 0) is 55.8 Å². The largest absolute Gasteiger partial charge is 0.493 e. The Bertz CT molecular complexity index is 730. The summed E-state index contributed by atoms with van der Waals surface area (Å²) in [7, 11) is 3.90. The average molecular weight is 433 g/mol. The number of likely N-dealkylation sites (N-methyl/N-ethyl adjacent to an activating group) is 1. The summed E-state index contributed by atoms with van der Waals surface area (Å²) in [5.41, 5.74) is 2.36. The first-order valence-electron chi connectivity index (χ1n) is 9.59. The van der Waals surface area contributed by atoms with Gasteiger partial charge in [0.15, 0.2) is 11.5 Å². The minimum Gasteiger partial charge on any atom is -0.493 e. The quantitative estimate of drug-likeness (QED) is 0.623. The van der Waals surface area contributed by atoms with Crippen molar-refractivity contribution in [2.24, 2.45) is 0 Å². The first kappa shape index (κ1) is 20.2. The molecule has 2 aromatic carbocycles. The van der Waals surface area contributed by atoms with Gasteiger partial charge in [0.25, 0.3) is 0 Å². The van der Waals surface area contributed by atoms with E-state index in [-0.39, 0.29) is 0 Å². The van der Waals surface area contributed by atoms with Crippen molar-refractivity contribution in [1.82, 2.24) is 9.80 Å². The molecule has 1 saturated heterocycles. The summed E-state index contributed by atoms with van der Waals surface area (Å²) in [6.45, 7) is 6.34. The Labute approximate surface area is 171 Å². The summed E-state index contributed by atoms with van der Waals surface area (Å²) in [6, 6.07) is 14.4. The highest BCUT2D eigenvalue weighted by Crippen LogP contribution is 2.33. The first-order chi connectivity index (χ1) is 13.2. The van der Waals surface area contributed by atoms with Crippen LogP contribution in [0.4, 0.5) is 0 Å². The fraction of sp³-hybridized carbons (Fsp3) is 0.455. The molecule has 27 heavy (non-hydrogen) atoms. The Hall–Kier alpha value is -1.56. The van der Waals surface area contributed by atoms with Crippen molar-refractivity contribution in [3.8, 4) is 11.5 Å². The maximum absolute atomic E-state index is 6.19. The van der Waals surface area contributed by atoms with Crippen LogP contribution in [0.3, 0.4) is 0 Å². The van der Waals surface area contributed by atoms with Crippen LogP contribution in [0.1, 0.15) is 17.5 Å². The monoisotopic (exact) mass is 432 g/mol. The van der Waals surface area contributed by atoms with Crippen molar-refractivity contribution in [2.45, 2.75) is 19.4 Å². The van der Waals surface area contributed by atoms with E-state index in [9.17, 15) is 0 Å². The van der Waals surface area contributed by atoms with Gasteiger partial charge in [0, 0.05) is 30.7 Å². The average Bonchev–Trinajstić information content (AvgIpc) is 2.68. The van der Waals surface area contributed by atoms with E-state index >= 15 is 0 Å². The second-order valence-corrected chi connectivity index (χ2v) is 8.03. The highest BCUT2D eigenvalue weighted by molar-refractivity contribution is 9.10. The summed E-state index contributed by atoms with van der Waals surface area (Å²) in [5.74, 6) is 1.68. The number of halogens is 1. The summed E-state index contributed by atoms with van der Waals surface area (Å²) in [6.07, 6.45) is 2.13. The highest BCUT2D eigenvalue weighted by atomic mass is 79.9. The number of piperazine rings is 1. The molecule has 1 heterocycles. The van der Waals surface area contributed by atoms with E-state index in [1.165, 1.54) is 31.7 Å². The van der Waals surface area contributed by atoms with E-state index in [2.05, 4.69) is 57.0 Å². The van der Waals surface area contributed by atoms with Crippen molar-refractivity contribution < 1.29 is 9.47 Å². The smallest absolute Gasteiger partial charge is 0.164 e. The maximum atomic E-state index is 6.19. The molecule has 0 saturated carbocycles. The van der Waals surface area contributed by atoms with E-state index in [1.54, 1.807) is 7.11 Å². The van der Waals surface area contributed by atoms with E-state index in [1.807, 2.05) is 18.2 Å². The number of ether oxygens (including phenoxy) is 2. The van der Waals surface area contributed by atoms with E-state index in [4.69, 9.17) is 9.47 Å². The molecule has 0 atom stereocenters. The Balaban J connectivity index is 1.60. The number of nitrogens with zero attached hydrogens (tertiary/aromatic N) is 2. The summed E-state index contributed by atoms with van der Waals surface area (Å²) >= 11 is 3.52. The van der Waals surface area contributed by atoms with Gasteiger partial charge in [0.05, 0.1) is 7.11 Å². The molecule has 5 heteroatoms. The van der Waals surface area contributed by atoms with Crippen LogP contribution in [0.2, 0.25) is 0 Å². The molecule has 0 bridgehead atoms. The fourth-order valence-electron chi connectivity index (χ4n) is 3.43. The lowest BCUT2D eigenvalue weighted by Gasteiger charge is -2.32. The molecule has 0 amide bonds. The molecule has 2 aromatic rings. The molecule has 1 aliphatic rings. The number of rotatable bonds is 8. The van der Waals surface area contributed by atoms with Crippen molar-refractivity contribution in [1.29, 1.82) is 0 Å². The SMILES string of the molecule is COc1cccc(CCCN2CCN(C)CC2)c1OCc1cccc(Br)c1. The topological polar surface area (TPSA) is 24.9 Å². The van der Waals surface area contributed by atoms with Gasteiger partial charge in [-0.2, -0.15) is 0 Å². The van der Waals surface area contributed by atoms with Crippen LogP contribution in [0, 0.1) is 0 Å². The first-order valence-corrected chi connectivity index (χ1v) is 10.4. The predicted molar refractivity (Wildman–Crippen MR) is 114 cm³/mol. The third kappa shape index (κ3) is 5.96. The molecule has 1 fully saturated rings. The molecule has 0 unspecified atom stereocenters. The second kappa shape index (κ2) is 10.1. The van der Waals surface area contributed by atoms with Crippen molar-refractivity contribution in [3.63, 3.8) is 0 Å². The number of hydrogen-bond donors (Lipinski definition) is 0. The molecule has 4 nitrogen and oxygen atoms in total. The molecule has 0 aliphatic carbocycles. The molecule has 0 aromatic heterocycles. The third-order valence-corrected chi connectivity index (χ3v) is 5.56. The zero-order chi connectivity index (χ0) is 19.1. The van der Waals surface area contributed by atoms with Gasteiger partial charge in [-0.25, -0.2) is 0 Å². The van der Waals surface area contributed by atoms with E-state index in [0.29, 0.717) is 6.61 Å². The van der Waals surface area contributed by atoms with Crippen LogP contribution in [0.15, 0.2) is 46.9 Å². The van der Waals surface area contributed by atoms with Crippen molar-refractivity contribution in [2.75, 3.05) is 46.9 Å². The summed E-state index contributed by atoms with van der Waals surface area (Å²) < 4.78 is 12.8. The molecular formula is C22H29BrN2O2. The Morgan fingerprint density at radius 3 is 2.56 bits per heavy atom. The molecule has 0 radical (unpaired) electrons. The van der Waals surface area contributed by atoms with Crippen LogP contribution < -0.4 is 9.47 Å². The fourth-order valence-corrected chi connectivity index (χ4v) is 3.88. The van der Waals surface area contributed by atoms with Gasteiger partial charge >= 0.3 is 0 Å². The van der Waals surface area contributed by atoms with Gasteiger partial charge in [-0.3, -0.25) is 0 Å². The Kier molecular flexibility index (Phi) is 7.56. The van der Waals surface area contributed by atoms with Crippen molar-refractivity contribution in [3.05, 3.63) is 58.1 Å². The highest BCUT2D eigenvalue weighted by Gasteiger charge is 2.15. The molecule has 0 N–H and O–H groups in total. The maximum Gasteiger partial charge on any atom is 0.164 e. The number of para-hydroxylation sites is 1. The van der Waals surface area contributed by atoms with Gasteiger partial charge in [-0.1, -0.05) is 40.2 Å². The minimum absolute atomic E-state index is 0.533. The number of hydrogen-bond acceptors (Lipinski definition) is 4. The van der Waals surface area contributed by atoms with Crippen LogP contribution >= 0.6 is 15.9 Å². The lowest BCUT2D eigenvalue weighted by Crippen LogP contribution is -2.44. The normalized spacial score (nSPS) is 15.7. The van der Waals surface area contributed by atoms with Gasteiger partial charge in [-0.15, -0.1) is 0 Å². The second-order valence-electron chi connectivity index (χ2n) is 7.12. The van der Waals surface area contributed by atoms with Gasteiger partial charge < -0.3 is 19.3 Å². The molecule has 146 valence electrons. The summed E-state index contributed by atoms with van der Waals surface area (Å²) in [4.78, 5) is 4.95. The zero-order valence-corrected chi connectivity index (χ0v) is 17.9. The lowest BCUT2D eigenvalue weighted by molar-refractivity contribution is 0.153. The standard InChI is InChI=1S/C22H29BrN2O2/c1-24-12-14-25(15-13-24)11-5-8-19-7-4-10-21(26-2)22(19)27-17-18-6-3-9-20(23)16-18/h3-4,6-7,9-10,16H,5,8,11-15,17H2,1-2H3. The zero-order valence-electron chi connectivity index (χ0n) is 16.3. The van der Waals surface area contributed by atoms with Gasteiger partial charge in [0.2, 0.25) is 0 Å². The molecule has 1 aliphatic heterocycles. The van der Waals surface area contributed by atoms with Crippen LogP contribution in [-0.2, 0) is 13.0 Å². The van der Waals surface area contributed by atoms with Crippen LogP contribution in [0.5, 0.6) is 11.5 Å². The Morgan fingerprint density at radius 1 is 1.04 bits per heavy atom. The lowest BCUT2D eigenvalue weighted by atomic mass is 10.1. The predicted octanol–water partition coefficient (Wildman–Crippen LogP) is 4.22. The third-order valence-electron chi connectivity index (χ3n) is 5.07. The van der Waals surface area contributed by atoms with E-state index < -0.39 is 0 Å². The Morgan fingerprint density at radius 2 is 1.81 bits per heavy atom. The number of methoxy groups -OCH3 is 1. The molecule has 3 rings (SSSR count). The van der Waals surface area contributed by atoms with E-state index in [0.717, 1.165) is 40.9 Å². The van der Waals surface area contributed by atoms with Crippen molar-refractivity contribution >= 4 is 15.9 Å². The molecule has 0 spiro atoms.